The van der Waals surface area contributed by atoms with Gasteiger partial charge in [0.1, 0.15) is 0 Å². The van der Waals surface area contributed by atoms with Gasteiger partial charge in [-0.1, -0.05) is 0 Å². The Hall–Kier alpha value is -0.120. The lowest BCUT2D eigenvalue weighted by atomic mass is 10.1. The molecule has 0 bridgehead atoms. The number of hydrogen-bond donors (Lipinski definition) is 3. The first kappa shape index (κ1) is 9.88. The van der Waals surface area contributed by atoms with Crippen molar-refractivity contribution in [3.63, 3.8) is 0 Å². The fourth-order valence-electron chi connectivity index (χ4n) is 0.785. The van der Waals surface area contributed by atoms with E-state index in [1.165, 1.54) is 0 Å². The molecule has 0 spiro atoms. The maximum atomic E-state index is 9.03. The molecule has 0 aliphatic rings. The zero-order valence-corrected chi connectivity index (χ0v) is 6.16. The van der Waals surface area contributed by atoms with Gasteiger partial charge in [0.05, 0.1) is 6.10 Å². The summed E-state index contributed by atoms with van der Waals surface area (Å²) in [7, 11) is 0. The average molecular weight is 148 g/mol. The molecular formula is C7H16O3. The summed E-state index contributed by atoms with van der Waals surface area (Å²) in [4.78, 5) is 0. The average Bonchev–Trinajstić information content (AvgIpc) is 1.89. The molecule has 3 heteroatoms. The van der Waals surface area contributed by atoms with Gasteiger partial charge in [0, 0.05) is 13.2 Å². The number of unbranched alkanes of at least 4 members (excludes halogenated alkanes) is 1. The fourth-order valence-corrected chi connectivity index (χ4v) is 0.785. The Balaban J connectivity index is 2.97. The monoisotopic (exact) mass is 148 g/mol. The van der Waals surface area contributed by atoms with Crippen LogP contribution in [0.25, 0.3) is 0 Å². The van der Waals surface area contributed by atoms with Crippen molar-refractivity contribution in [3.8, 4) is 0 Å². The molecule has 0 aliphatic heterocycles. The molecule has 0 saturated carbocycles. The van der Waals surface area contributed by atoms with Crippen LogP contribution in [0.15, 0.2) is 0 Å². The minimum Gasteiger partial charge on any atom is -0.396 e. The van der Waals surface area contributed by atoms with Gasteiger partial charge >= 0.3 is 0 Å². The van der Waals surface area contributed by atoms with E-state index >= 15 is 0 Å². The topological polar surface area (TPSA) is 60.7 Å². The third-order valence-corrected chi connectivity index (χ3v) is 1.41. The van der Waals surface area contributed by atoms with Crippen LogP contribution in [0.2, 0.25) is 0 Å². The molecule has 0 aromatic rings. The first-order chi connectivity index (χ1) is 4.81. The molecule has 0 radical (unpaired) electrons. The molecule has 0 aromatic carbocycles. The van der Waals surface area contributed by atoms with Gasteiger partial charge in [0.25, 0.3) is 0 Å². The molecule has 10 heavy (non-hydrogen) atoms. The van der Waals surface area contributed by atoms with Crippen molar-refractivity contribution in [3.05, 3.63) is 0 Å². The second-order valence-corrected chi connectivity index (χ2v) is 2.39. The van der Waals surface area contributed by atoms with Crippen molar-refractivity contribution >= 4 is 0 Å². The molecule has 3 nitrogen and oxygen atoms in total. The second-order valence-electron chi connectivity index (χ2n) is 2.39. The summed E-state index contributed by atoms with van der Waals surface area (Å²) in [6.45, 7) is 0.228. The Morgan fingerprint density at radius 1 is 0.900 bits per heavy atom. The Bertz CT molecular complexity index is 65.9. The van der Waals surface area contributed by atoms with Gasteiger partial charge in [-0.25, -0.2) is 0 Å². The number of aliphatic hydroxyl groups is 3. The van der Waals surface area contributed by atoms with Gasteiger partial charge in [-0.05, 0) is 25.7 Å². The highest BCUT2D eigenvalue weighted by Gasteiger charge is 2.00. The van der Waals surface area contributed by atoms with Crippen LogP contribution in [-0.2, 0) is 0 Å². The third kappa shape index (κ3) is 6.01. The smallest absolute Gasteiger partial charge is 0.0562 e. The molecule has 0 aliphatic carbocycles. The van der Waals surface area contributed by atoms with E-state index in [9.17, 15) is 0 Å². The Kier molecular flexibility index (Phi) is 6.91. The van der Waals surface area contributed by atoms with Crippen molar-refractivity contribution in [2.75, 3.05) is 13.2 Å². The van der Waals surface area contributed by atoms with Gasteiger partial charge in [-0.15, -0.1) is 0 Å². The van der Waals surface area contributed by atoms with Crippen LogP contribution in [0.1, 0.15) is 25.7 Å². The van der Waals surface area contributed by atoms with Gasteiger partial charge in [0.15, 0.2) is 0 Å². The van der Waals surface area contributed by atoms with Crippen LogP contribution in [0.3, 0.4) is 0 Å². The normalized spacial score (nSPS) is 13.5. The zero-order chi connectivity index (χ0) is 7.82. The van der Waals surface area contributed by atoms with E-state index in [0.717, 1.165) is 12.8 Å². The summed E-state index contributed by atoms with van der Waals surface area (Å²) in [5, 5.41) is 25.8. The molecule has 62 valence electrons. The molecule has 3 N–H and O–H groups in total. The lowest BCUT2D eigenvalue weighted by molar-refractivity contribution is 0.120. The molecule has 0 amide bonds. The van der Waals surface area contributed by atoms with Crippen molar-refractivity contribution < 1.29 is 15.3 Å². The van der Waals surface area contributed by atoms with Crippen molar-refractivity contribution in [2.24, 2.45) is 0 Å². The lowest BCUT2D eigenvalue weighted by Gasteiger charge is -2.06. The van der Waals surface area contributed by atoms with Gasteiger partial charge in [-0.3, -0.25) is 0 Å². The van der Waals surface area contributed by atoms with E-state index in [1.807, 2.05) is 0 Å². The summed E-state index contributed by atoms with van der Waals surface area (Å²) < 4.78 is 0. The van der Waals surface area contributed by atoms with E-state index < -0.39 is 6.10 Å². The number of aliphatic hydroxyl groups excluding tert-OH is 3. The maximum absolute atomic E-state index is 9.03. The largest absolute Gasteiger partial charge is 0.396 e. The predicted octanol–water partition coefficient (Wildman–Crippen LogP) is -0.108. The SMILES string of the molecule is OCCCC[C@@H](O)CCO. The van der Waals surface area contributed by atoms with E-state index in [2.05, 4.69) is 0 Å². The Morgan fingerprint density at radius 3 is 2.10 bits per heavy atom. The first-order valence-electron chi connectivity index (χ1n) is 3.71. The summed E-state index contributed by atoms with van der Waals surface area (Å²) >= 11 is 0. The number of rotatable bonds is 6. The van der Waals surface area contributed by atoms with Crippen LogP contribution in [0.5, 0.6) is 0 Å². The summed E-state index contributed by atoms with van der Waals surface area (Å²) in [6, 6.07) is 0. The van der Waals surface area contributed by atoms with Crippen molar-refractivity contribution in [2.45, 2.75) is 31.8 Å². The lowest BCUT2D eigenvalue weighted by Crippen LogP contribution is -2.08. The second kappa shape index (κ2) is 6.99. The highest BCUT2D eigenvalue weighted by Crippen LogP contribution is 2.02. The van der Waals surface area contributed by atoms with Crippen LogP contribution < -0.4 is 0 Å². The highest BCUT2D eigenvalue weighted by molar-refractivity contribution is 4.54. The van der Waals surface area contributed by atoms with Crippen LogP contribution in [0.4, 0.5) is 0 Å². The standard InChI is InChI=1S/C7H16O3/c8-5-2-1-3-7(10)4-6-9/h7-10H,1-6H2/t7-/m1/s1. The van der Waals surface area contributed by atoms with E-state index in [1.54, 1.807) is 0 Å². The molecule has 0 rings (SSSR count). The van der Waals surface area contributed by atoms with E-state index in [-0.39, 0.29) is 13.2 Å². The molecule has 0 fully saturated rings. The maximum Gasteiger partial charge on any atom is 0.0562 e. The van der Waals surface area contributed by atoms with E-state index in [0.29, 0.717) is 12.8 Å². The molecule has 1 atom stereocenters. The molecule has 0 saturated heterocycles. The predicted molar refractivity (Wildman–Crippen MR) is 38.6 cm³/mol. The van der Waals surface area contributed by atoms with E-state index in [4.69, 9.17) is 15.3 Å². The van der Waals surface area contributed by atoms with Crippen molar-refractivity contribution in [1.82, 2.24) is 0 Å². The highest BCUT2D eigenvalue weighted by atomic mass is 16.3. The Labute approximate surface area is 61.3 Å². The summed E-state index contributed by atoms with van der Waals surface area (Å²) in [5.74, 6) is 0. The first-order valence-corrected chi connectivity index (χ1v) is 3.71. The zero-order valence-electron chi connectivity index (χ0n) is 6.16. The quantitative estimate of drug-likeness (QED) is 0.461. The van der Waals surface area contributed by atoms with Crippen LogP contribution in [-0.4, -0.2) is 34.6 Å². The summed E-state index contributed by atoms with van der Waals surface area (Å²) in [5.41, 5.74) is 0. The number of hydrogen-bond acceptors (Lipinski definition) is 3. The van der Waals surface area contributed by atoms with Crippen LogP contribution in [0, 0.1) is 0 Å². The van der Waals surface area contributed by atoms with Crippen molar-refractivity contribution in [1.29, 1.82) is 0 Å². The minimum atomic E-state index is -0.392. The minimum absolute atomic E-state index is 0.0420. The van der Waals surface area contributed by atoms with Gasteiger partial charge in [-0.2, -0.15) is 0 Å². The Morgan fingerprint density at radius 2 is 1.60 bits per heavy atom. The molecule has 0 unspecified atom stereocenters. The molecular weight excluding hydrogens is 132 g/mol. The summed E-state index contributed by atoms with van der Waals surface area (Å²) in [6.07, 6.45) is 2.31. The van der Waals surface area contributed by atoms with Crippen LogP contribution >= 0.6 is 0 Å². The third-order valence-electron chi connectivity index (χ3n) is 1.41. The van der Waals surface area contributed by atoms with Gasteiger partial charge < -0.3 is 15.3 Å². The molecule has 0 heterocycles. The van der Waals surface area contributed by atoms with Gasteiger partial charge in [0.2, 0.25) is 0 Å². The molecule has 0 aromatic heterocycles. The fraction of sp³-hybridized carbons (Fsp3) is 1.00.